The van der Waals surface area contributed by atoms with E-state index in [1.165, 1.54) is 24.0 Å². The van der Waals surface area contributed by atoms with Gasteiger partial charge in [-0.25, -0.2) is 0 Å². The molecule has 0 radical (unpaired) electrons. The van der Waals surface area contributed by atoms with Gasteiger partial charge in [-0.1, -0.05) is 6.07 Å². The molecule has 0 aliphatic carbocycles. The zero-order valence-electron chi connectivity index (χ0n) is 7.97. The second-order valence-corrected chi connectivity index (χ2v) is 3.41. The molecule has 1 N–H and O–H groups in total. The highest BCUT2D eigenvalue weighted by molar-refractivity contribution is 5.36. The summed E-state index contributed by atoms with van der Waals surface area (Å²) in [5.41, 5.74) is 2.85. The molecular formula is C11H15NO. The molecule has 0 atom stereocenters. The van der Waals surface area contributed by atoms with Gasteiger partial charge in [-0.2, -0.15) is 0 Å². The summed E-state index contributed by atoms with van der Waals surface area (Å²) in [5, 5.41) is 3.40. The van der Waals surface area contributed by atoms with Crippen LogP contribution < -0.4 is 10.1 Å². The number of fused-ring (bicyclic) bond motifs is 1. The number of rotatable bonds is 1. The van der Waals surface area contributed by atoms with Crippen molar-refractivity contribution < 1.29 is 4.74 Å². The molecule has 0 spiro atoms. The van der Waals surface area contributed by atoms with Gasteiger partial charge >= 0.3 is 0 Å². The number of methoxy groups -OCH3 is 1. The van der Waals surface area contributed by atoms with Crippen molar-refractivity contribution in [2.45, 2.75) is 19.4 Å². The highest BCUT2D eigenvalue weighted by Gasteiger charge is 2.07. The van der Waals surface area contributed by atoms with E-state index in [9.17, 15) is 0 Å². The first kappa shape index (κ1) is 8.57. The van der Waals surface area contributed by atoms with Gasteiger partial charge in [0.1, 0.15) is 5.75 Å². The van der Waals surface area contributed by atoms with E-state index in [0.717, 1.165) is 18.8 Å². The van der Waals surface area contributed by atoms with Crippen LogP contribution in [0.1, 0.15) is 17.5 Å². The Hall–Kier alpha value is -1.02. The molecule has 2 heteroatoms. The number of hydrogen-bond acceptors (Lipinski definition) is 2. The van der Waals surface area contributed by atoms with Gasteiger partial charge < -0.3 is 10.1 Å². The number of aryl methyl sites for hydroxylation is 1. The third-order valence-corrected chi connectivity index (χ3v) is 2.53. The SMILES string of the molecule is COc1ccc2c(c1)CNCCC2. The van der Waals surface area contributed by atoms with Crippen LogP contribution in [0.25, 0.3) is 0 Å². The van der Waals surface area contributed by atoms with Gasteiger partial charge in [0.15, 0.2) is 0 Å². The minimum absolute atomic E-state index is 0.961. The fourth-order valence-electron chi connectivity index (χ4n) is 1.76. The van der Waals surface area contributed by atoms with Crippen molar-refractivity contribution in [2.75, 3.05) is 13.7 Å². The molecule has 2 nitrogen and oxygen atoms in total. The third kappa shape index (κ3) is 1.83. The van der Waals surface area contributed by atoms with E-state index in [0.29, 0.717) is 0 Å². The number of ether oxygens (including phenoxy) is 1. The van der Waals surface area contributed by atoms with Crippen LogP contribution in [-0.4, -0.2) is 13.7 Å². The van der Waals surface area contributed by atoms with Crippen molar-refractivity contribution in [3.63, 3.8) is 0 Å². The van der Waals surface area contributed by atoms with Crippen LogP contribution in [0.4, 0.5) is 0 Å². The van der Waals surface area contributed by atoms with Gasteiger partial charge in [-0.15, -0.1) is 0 Å². The van der Waals surface area contributed by atoms with Crippen molar-refractivity contribution in [3.05, 3.63) is 29.3 Å². The van der Waals surface area contributed by atoms with Crippen LogP contribution in [0, 0.1) is 0 Å². The maximum atomic E-state index is 5.19. The lowest BCUT2D eigenvalue weighted by Gasteiger charge is -2.07. The van der Waals surface area contributed by atoms with Crippen molar-refractivity contribution >= 4 is 0 Å². The molecular weight excluding hydrogens is 162 g/mol. The Morgan fingerprint density at radius 2 is 2.23 bits per heavy atom. The zero-order valence-corrected chi connectivity index (χ0v) is 7.97. The summed E-state index contributed by atoms with van der Waals surface area (Å²) in [5.74, 6) is 0.961. The number of nitrogens with one attached hydrogen (secondary N) is 1. The quantitative estimate of drug-likeness (QED) is 0.705. The summed E-state index contributed by atoms with van der Waals surface area (Å²) in [6, 6.07) is 6.36. The van der Waals surface area contributed by atoms with E-state index < -0.39 is 0 Å². The van der Waals surface area contributed by atoms with E-state index in [1.807, 2.05) is 6.07 Å². The van der Waals surface area contributed by atoms with Crippen molar-refractivity contribution in [1.29, 1.82) is 0 Å². The topological polar surface area (TPSA) is 21.3 Å². The largest absolute Gasteiger partial charge is 0.497 e. The predicted molar refractivity (Wildman–Crippen MR) is 53.0 cm³/mol. The van der Waals surface area contributed by atoms with Crippen molar-refractivity contribution in [1.82, 2.24) is 5.32 Å². The molecule has 1 aromatic rings. The summed E-state index contributed by atoms with van der Waals surface area (Å²) >= 11 is 0. The Balaban J connectivity index is 2.32. The first-order valence-electron chi connectivity index (χ1n) is 4.76. The molecule has 2 rings (SSSR count). The molecule has 70 valence electrons. The first-order chi connectivity index (χ1) is 6.40. The van der Waals surface area contributed by atoms with E-state index in [-0.39, 0.29) is 0 Å². The summed E-state index contributed by atoms with van der Waals surface area (Å²) < 4.78 is 5.19. The third-order valence-electron chi connectivity index (χ3n) is 2.53. The zero-order chi connectivity index (χ0) is 9.10. The Labute approximate surface area is 78.9 Å². The fourth-order valence-corrected chi connectivity index (χ4v) is 1.76. The average Bonchev–Trinajstić information content (AvgIpc) is 2.41. The predicted octanol–water partition coefficient (Wildman–Crippen LogP) is 1.73. The Kier molecular flexibility index (Phi) is 2.50. The van der Waals surface area contributed by atoms with Crippen LogP contribution in [0.5, 0.6) is 5.75 Å². The molecule has 1 aliphatic heterocycles. The lowest BCUT2D eigenvalue weighted by molar-refractivity contribution is 0.414. The number of hydrogen-bond donors (Lipinski definition) is 1. The summed E-state index contributed by atoms with van der Waals surface area (Å²) in [6.07, 6.45) is 2.42. The van der Waals surface area contributed by atoms with Crippen LogP contribution in [0.15, 0.2) is 18.2 Å². The van der Waals surface area contributed by atoms with Crippen LogP contribution in [-0.2, 0) is 13.0 Å². The maximum Gasteiger partial charge on any atom is 0.119 e. The first-order valence-corrected chi connectivity index (χ1v) is 4.76. The minimum atomic E-state index is 0.961. The van der Waals surface area contributed by atoms with Gasteiger partial charge in [0, 0.05) is 6.54 Å². The Morgan fingerprint density at radius 1 is 1.31 bits per heavy atom. The molecule has 1 heterocycles. The Morgan fingerprint density at radius 3 is 3.08 bits per heavy atom. The second kappa shape index (κ2) is 3.79. The normalized spacial score (nSPS) is 16.1. The van der Waals surface area contributed by atoms with Crippen molar-refractivity contribution in [3.8, 4) is 5.75 Å². The monoisotopic (exact) mass is 177 g/mol. The van der Waals surface area contributed by atoms with Gasteiger partial charge in [0.2, 0.25) is 0 Å². The molecule has 0 bridgehead atoms. The molecule has 0 aromatic heterocycles. The molecule has 0 fully saturated rings. The lowest BCUT2D eigenvalue weighted by Crippen LogP contribution is -2.11. The molecule has 0 saturated heterocycles. The van der Waals surface area contributed by atoms with Crippen LogP contribution in [0.3, 0.4) is 0 Å². The second-order valence-electron chi connectivity index (χ2n) is 3.41. The highest BCUT2D eigenvalue weighted by atomic mass is 16.5. The standard InChI is InChI=1S/C11H15NO/c1-13-11-5-4-9-3-2-6-12-8-10(9)7-11/h4-5,7,12H,2-3,6,8H2,1H3. The Bertz CT molecular complexity index is 296. The van der Waals surface area contributed by atoms with Crippen LogP contribution >= 0.6 is 0 Å². The van der Waals surface area contributed by atoms with Gasteiger partial charge in [-0.05, 0) is 42.6 Å². The lowest BCUT2D eigenvalue weighted by atomic mass is 10.0. The smallest absolute Gasteiger partial charge is 0.119 e. The maximum absolute atomic E-state index is 5.19. The molecule has 0 amide bonds. The van der Waals surface area contributed by atoms with Gasteiger partial charge in [-0.3, -0.25) is 0 Å². The minimum Gasteiger partial charge on any atom is -0.497 e. The van der Waals surface area contributed by atoms with E-state index >= 15 is 0 Å². The van der Waals surface area contributed by atoms with Gasteiger partial charge in [0.25, 0.3) is 0 Å². The van der Waals surface area contributed by atoms with E-state index in [4.69, 9.17) is 4.74 Å². The fraction of sp³-hybridized carbons (Fsp3) is 0.455. The highest BCUT2D eigenvalue weighted by Crippen LogP contribution is 2.20. The summed E-state index contributed by atoms with van der Waals surface area (Å²) in [7, 11) is 1.71. The molecule has 1 aliphatic rings. The summed E-state index contributed by atoms with van der Waals surface area (Å²) in [4.78, 5) is 0. The average molecular weight is 177 g/mol. The van der Waals surface area contributed by atoms with Gasteiger partial charge in [0.05, 0.1) is 7.11 Å². The molecule has 0 unspecified atom stereocenters. The van der Waals surface area contributed by atoms with E-state index in [2.05, 4.69) is 17.4 Å². The van der Waals surface area contributed by atoms with Crippen molar-refractivity contribution in [2.24, 2.45) is 0 Å². The molecule has 1 aromatic carbocycles. The van der Waals surface area contributed by atoms with E-state index in [1.54, 1.807) is 7.11 Å². The van der Waals surface area contributed by atoms with Crippen LogP contribution in [0.2, 0.25) is 0 Å². The summed E-state index contributed by atoms with van der Waals surface area (Å²) in [6.45, 7) is 2.10. The molecule has 0 saturated carbocycles. The molecule has 13 heavy (non-hydrogen) atoms. The number of benzene rings is 1.